The zero-order valence-electron chi connectivity index (χ0n) is 18.9. The largest absolute Gasteiger partial charge is 0.372 e. The monoisotopic (exact) mass is 446 g/mol. The van der Waals surface area contributed by atoms with E-state index in [0.29, 0.717) is 6.42 Å². The molecule has 4 rings (SSSR count). The number of aryl methyl sites for hydroxylation is 2. The molecule has 0 aliphatic heterocycles. The van der Waals surface area contributed by atoms with Gasteiger partial charge in [0.15, 0.2) is 0 Å². The van der Waals surface area contributed by atoms with E-state index in [4.69, 9.17) is 0 Å². The Morgan fingerprint density at radius 3 is 2.16 bits per heavy atom. The molecular formula is C27H30N2O2S. The molecule has 1 aliphatic rings. The van der Waals surface area contributed by atoms with Crippen LogP contribution in [-0.4, -0.2) is 21.5 Å². The number of nitrogens with one attached hydrogen (secondary N) is 1. The van der Waals surface area contributed by atoms with Crippen LogP contribution in [0.25, 0.3) is 5.57 Å². The second-order valence-corrected chi connectivity index (χ2v) is 9.83. The first kappa shape index (κ1) is 22.2. The minimum absolute atomic E-state index is 0.283. The lowest BCUT2D eigenvalue weighted by Crippen LogP contribution is -2.26. The van der Waals surface area contributed by atoms with Crippen LogP contribution in [0.15, 0.2) is 83.4 Å². The van der Waals surface area contributed by atoms with Crippen LogP contribution in [0.1, 0.15) is 42.5 Å². The molecule has 0 atom stereocenters. The number of allylic oxidation sites excluding steroid dienone is 1. The quantitative estimate of drug-likeness (QED) is 0.519. The third-order valence-corrected chi connectivity index (χ3v) is 7.51. The highest BCUT2D eigenvalue weighted by atomic mass is 32.2. The van der Waals surface area contributed by atoms with Crippen LogP contribution >= 0.6 is 0 Å². The zero-order valence-corrected chi connectivity index (χ0v) is 19.7. The van der Waals surface area contributed by atoms with Crippen molar-refractivity contribution in [1.29, 1.82) is 0 Å². The van der Waals surface area contributed by atoms with Gasteiger partial charge in [0.1, 0.15) is 0 Å². The number of fused-ring (bicyclic) bond motifs is 1. The standard InChI is InChI=1S/C27H30N2O2S/c1-4-29(5-2)23-15-12-22(13-16-23)27-25-9-7-6-8-21(25)14-19-26(27)28-32(30,31)24-17-10-20(3)11-18-24/h6-13,15-18,28H,4-5,14,19H2,1-3H3. The summed E-state index contributed by atoms with van der Waals surface area (Å²) in [7, 11) is -3.67. The fraction of sp³-hybridized carbons (Fsp3) is 0.259. The number of hydrogen-bond donors (Lipinski definition) is 1. The highest BCUT2D eigenvalue weighted by Gasteiger charge is 2.24. The Balaban J connectivity index is 1.79. The molecule has 3 aromatic carbocycles. The van der Waals surface area contributed by atoms with E-state index in [1.54, 1.807) is 12.1 Å². The van der Waals surface area contributed by atoms with Crippen molar-refractivity contribution in [1.82, 2.24) is 4.72 Å². The second-order valence-electron chi connectivity index (χ2n) is 8.15. The van der Waals surface area contributed by atoms with Crippen LogP contribution in [0, 0.1) is 6.92 Å². The minimum atomic E-state index is -3.67. The molecule has 1 N–H and O–H groups in total. The van der Waals surface area contributed by atoms with Gasteiger partial charge >= 0.3 is 0 Å². The highest BCUT2D eigenvalue weighted by molar-refractivity contribution is 7.89. The van der Waals surface area contributed by atoms with E-state index in [0.717, 1.165) is 47.5 Å². The SMILES string of the molecule is CCN(CC)c1ccc(C2=C(NS(=O)(=O)c3ccc(C)cc3)CCc3ccccc32)cc1. The molecule has 0 bridgehead atoms. The first-order valence-corrected chi connectivity index (χ1v) is 12.7. The maximum Gasteiger partial charge on any atom is 0.261 e. The molecular weight excluding hydrogens is 416 g/mol. The lowest BCUT2D eigenvalue weighted by Gasteiger charge is -2.26. The molecule has 166 valence electrons. The van der Waals surface area contributed by atoms with Crippen LogP contribution in [-0.2, 0) is 16.4 Å². The van der Waals surface area contributed by atoms with Gasteiger partial charge in [0.2, 0.25) is 0 Å². The molecule has 0 amide bonds. The molecule has 3 aromatic rings. The van der Waals surface area contributed by atoms with E-state index in [-0.39, 0.29) is 4.90 Å². The Kier molecular flexibility index (Phi) is 6.38. The Morgan fingerprint density at radius 2 is 1.50 bits per heavy atom. The Labute approximate surface area is 191 Å². The maximum absolute atomic E-state index is 13.2. The number of hydrogen-bond acceptors (Lipinski definition) is 3. The fourth-order valence-electron chi connectivity index (χ4n) is 4.33. The molecule has 0 heterocycles. The molecule has 32 heavy (non-hydrogen) atoms. The first-order valence-electron chi connectivity index (χ1n) is 11.2. The van der Waals surface area contributed by atoms with Gasteiger partial charge in [-0.05, 0) is 74.6 Å². The number of anilines is 1. The molecule has 0 spiro atoms. The number of benzene rings is 3. The Morgan fingerprint density at radius 1 is 0.844 bits per heavy atom. The fourth-order valence-corrected chi connectivity index (χ4v) is 5.47. The molecule has 1 aliphatic carbocycles. The van der Waals surface area contributed by atoms with Gasteiger partial charge < -0.3 is 4.90 Å². The molecule has 0 saturated heterocycles. The van der Waals surface area contributed by atoms with Gasteiger partial charge in [0.25, 0.3) is 10.0 Å². The average molecular weight is 447 g/mol. The average Bonchev–Trinajstić information content (AvgIpc) is 2.80. The van der Waals surface area contributed by atoms with Crippen LogP contribution < -0.4 is 9.62 Å². The molecule has 5 heteroatoms. The summed E-state index contributed by atoms with van der Waals surface area (Å²) < 4.78 is 29.3. The summed E-state index contributed by atoms with van der Waals surface area (Å²) in [5.74, 6) is 0. The summed E-state index contributed by atoms with van der Waals surface area (Å²) in [6.07, 6.45) is 1.46. The van der Waals surface area contributed by atoms with Crippen molar-refractivity contribution in [2.24, 2.45) is 0 Å². The summed E-state index contributed by atoms with van der Waals surface area (Å²) in [4.78, 5) is 2.58. The van der Waals surface area contributed by atoms with Crippen molar-refractivity contribution < 1.29 is 8.42 Å². The van der Waals surface area contributed by atoms with E-state index >= 15 is 0 Å². The van der Waals surface area contributed by atoms with Gasteiger partial charge in [-0.2, -0.15) is 0 Å². The third-order valence-electron chi connectivity index (χ3n) is 6.11. The van der Waals surface area contributed by atoms with Crippen molar-refractivity contribution in [2.75, 3.05) is 18.0 Å². The zero-order chi connectivity index (χ0) is 22.7. The number of sulfonamides is 1. The summed E-state index contributed by atoms with van der Waals surface area (Å²) in [5.41, 5.74) is 7.28. The lowest BCUT2D eigenvalue weighted by atomic mass is 9.85. The number of nitrogens with zero attached hydrogens (tertiary/aromatic N) is 1. The molecule has 0 radical (unpaired) electrons. The minimum Gasteiger partial charge on any atom is -0.372 e. The van der Waals surface area contributed by atoms with Crippen molar-refractivity contribution >= 4 is 21.3 Å². The first-order chi connectivity index (χ1) is 15.4. The predicted octanol–water partition coefficient (Wildman–Crippen LogP) is 5.53. The summed E-state index contributed by atoms with van der Waals surface area (Å²) >= 11 is 0. The Bertz CT molecular complexity index is 1220. The van der Waals surface area contributed by atoms with Gasteiger partial charge in [-0.3, -0.25) is 4.72 Å². The molecule has 0 fully saturated rings. The van der Waals surface area contributed by atoms with E-state index in [1.807, 2.05) is 31.2 Å². The molecule has 0 aromatic heterocycles. The van der Waals surface area contributed by atoms with Crippen molar-refractivity contribution in [2.45, 2.75) is 38.5 Å². The van der Waals surface area contributed by atoms with E-state index in [2.05, 4.69) is 59.9 Å². The predicted molar refractivity (Wildman–Crippen MR) is 132 cm³/mol. The van der Waals surface area contributed by atoms with Gasteiger partial charge in [-0.25, -0.2) is 8.42 Å². The van der Waals surface area contributed by atoms with Crippen molar-refractivity contribution in [3.8, 4) is 0 Å². The van der Waals surface area contributed by atoms with Gasteiger partial charge in [-0.15, -0.1) is 0 Å². The van der Waals surface area contributed by atoms with Crippen LogP contribution in [0.4, 0.5) is 5.69 Å². The maximum atomic E-state index is 13.2. The van der Waals surface area contributed by atoms with Gasteiger partial charge in [0.05, 0.1) is 4.90 Å². The summed E-state index contributed by atoms with van der Waals surface area (Å²) in [5, 5.41) is 0. The van der Waals surface area contributed by atoms with Crippen LogP contribution in [0.2, 0.25) is 0 Å². The highest BCUT2D eigenvalue weighted by Crippen LogP contribution is 2.36. The normalized spacial score (nSPS) is 13.6. The molecule has 4 nitrogen and oxygen atoms in total. The topological polar surface area (TPSA) is 49.4 Å². The number of rotatable bonds is 7. The van der Waals surface area contributed by atoms with Crippen molar-refractivity contribution in [3.05, 3.63) is 101 Å². The van der Waals surface area contributed by atoms with E-state index < -0.39 is 10.0 Å². The van der Waals surface area contributed by atoms with Gasteiger partial charge in [0, 0.05) is 30.0 Å². The van der Waals surface area contributed by atoms with Gasteiger partial charge in [-0.1, -0.05) is 54.1 Å². The smallest absolute Gasteiger partial charge is 0.261 e. The second kappa shape index (κ2) is 9.21. The summed E-state index contributed by atoms with van der Waals surface area (Å²) in [6.45, 7) is 8.14. The third kappa shape index (κ3) is 4.44. The van der Waals surface area contributed by atoms with Crippen LogP contribution in [0.5, 0.6) is 0 Å². The van der Waals surface area contributed by atoms with E-state index in [9.17, 15) is 8.42 Å². The van der Waals surface area contributed by atoms with Crippen molar-refractivity contribution in [3.63, 3.8) is 0 Å². The van der Waals surface area contributed by atoms with E-state index in [1.165, 1.54) is 11.3 Å². The van der Waals surface area contributed by atoms with Crippen LogP contribution in [0.3, 0.4) is 0 Å². The molecule has 0 unspecified atom stereocenters. The molecule has 0 saturated carbocycles. The lowest BCUT2D eigenvalue weighted by molar-refractivity contribution is 0.586. The Hall–Kier alpha value is -3.05. The summed E-state index contributed by atoms with van der Waals surface area (Å²) in [6, 6.07) is 23.7.